The van der Waals surface area contributed by atoms with Crippen LogP contribution >= 0.6 is 0 Å². The number of hydrogen-bond donors (Lipinski definition) is 0. The lowest BCUT2D eigenvalue weighted by Crippen LogP contribution is -2.14. The minimum absolute atomic E-state index is 0.173. The van der Waals surface area contributed by atoms with Crippen molar-refractivity contribution in [2.45, 2.75) is 0 Å². The lowest BCUT2D eigenvalue weighted by atomic mass is 10.4. The van der Waals surface area contributed by atoms with Crippen LogP contribution in [0.4, 0.5) is 11.5 Å². The summed E-state index contributed by atoms with van der Waals surface area (Å²) in [5.74, 6) is -0.173. The van der Waals surface area contributed by atoms with Gasteiger partial charge in [0.2, 0.25) is 0 Å². The Morgan fingerprint density at radius 2 is 2.31 bits per heavy atom. The largest absolute Gasteiger partial charge is 0.363 e. The van der Waals surface area contributed by atoms with Gasteiger partial charge in [-0.1, -0.05) is 0 Å². The molecule has 0 radical (unpaired) electrons. The van der Waals surface area contributed by atoms with E-state index < -0.39 is 4.92 Å². The lowest BCUT2D eigenvalue weighted by Gasteiger charge is -2.13. The van der Waals surface area contributed by atoms with E-state index in [-0.39, 0.29) is 5.82 Å². The second-order valence-electron chi connectivity index (χ2n) is 2.31. The van der Waals surface area contributed by atoms with Crippen molar-refractivity contribution in [3.05, 3.63) is 28.4 Å². The average molecular weight is 183 g/mol. The molecule has 0 aliphatic heterocycles. The van der Waals surface area contributed by atoms with Crippen LogP contribution in [0.3, 0.4) is 0 Å². The molecule has 1 aromatic heterocycles. The van der Waals surface area contributed by atoms with Gasteiger partial charge in [0, 0.05) is 13.1 Å². The second kappa shape index (κ2) is 3.81. The Balaban J connectivity index is 2.87. The number of nitrogens with zero attached hydrogens (tertiary/aromatic N) is 3. The van der Waals surface area contributed by atoms with Crippen LogP contribution in [0.1, 0.15) is 0 Å². The normalized spacial score (nSPS) is 9.69. The standard InChI is InChI=1S/C7H9N3O3/c1-9(13-2)6-3-4-7(8-5-6)10(11)12/h3-5H,1-2H3. The molecule has 0 fully saturated rings. The molecule has 0 bridgehead atoms. The third-order valence-corrected chi connectivity index (χ3v) is 1.56. The summed E-state index contributed by atoms with van der Waals surface area (Å²) >= 11 is 0. The van der Waals surface area contributed by atoms with Gasteiger partial charge in [0.1, 0.15) is 5.69 Å². The summed E-state index contributed by atoms with van der Waals surface area (Å²) in [4.78, 5) is 18.2. The minimum Gasteiger partial charge on any atom is -0.358 e. The summed E-state index contributed by atoms with van der Waals surface area (Å²) in [6.07, 6.45) is 1.38. The highest BCUT2D eigenvalue weighted by Gasteiger charge is 2.08. The van der Waals surface area contributed by atoms with Crippen LogP contribution in [-0.4, -0.2) is 24.1 Å². The molecular weight excluding hydrogens is 174 g/mol. The molecule has 0 aliphatic carbocycles. The molecule has 6 nitrogen and oxygen atoms in total. The third kappa shape index (κ3) is 2.12. The molecule has 0 N–H and O–H groups in total. The van der Waals surface area contributed by atoms with Crippen LogP contribution in [0.15, 0.2) is 18.3 Å². The van der Waals surface area contributed by atoms with Crippen molar-refractivity contribution in [1.82, 2.24) is 4.98 Å². The Morgan fingerprint density at radius 3 is 2.69 bits per heavy atom. The third-order valence-electron chi connectivity index (χ3n) is 1.56. The van der Waals surface area contributed by atoms with E-state index in [2.05, 4.69) is 4.98 Å². The molecule has 0 saturated carbocycles. The van der Waals surface area contributed by atoms with E-state index in [9.17, 15) is 10.1 Å². The summed E-state index contributed by atoms with van der Waals surface area (Å²) in [6.45, 7) is 0. The first-order valence-electron chi connectivity index (χ1n) is 3.53. The Kier molecular flexibility index (Phi) is 2.76. The van der Waals surface area contributed by atoms with Crippen molar-refractivity contribution in [2.75, 3.05) is 19.2 Å². The van der Waals surface area contributed by atoms with Crippen LogP contribution in [-0.2, 0) is 4.84 Å². The van der Waals surface area contributed by atoms with E-state index in [4.69, 9.17) is 4.84 Å². The smallest absolute Gasteiger partial charge is 0.358 e. The number of rotatable bonds is 3. The van der Waals surface area contributed by atoms with Crippen LogP contribution < -0.4 is 5.06 Å². The van der Waals surface area contributed by atoms with Gasteiger partial charge in [-0.3, -0.25) is 9.90 Å². The number of anilines is 1. The van der Waals surface area contributed by atoms with E-state index >= 15 is 0 Å². The van der Waals surface area contributed by atoms with Gasteiger partial charge in [-0.05, 0) is 16.0 Å². The molecule has 0 spiro atoms. The Morgan fingerprint density at radius 1 is 1.62 bits per heavy atom. The quantitative estimate of drug-likeness (QED) is 0.516. The Labute approximate surface area is 74.9 Å². The van der Waals surface area contributed by atoms with Gasteiger partial charge in [-0.15, -0.1) is 0 Å². The molecule has 0 aliphatic rings. The van der Waals surface area contributed by atoms with E-state index in [0.717, 1.165) is 0 Å². The first-order chi connectivity index (χ1) is 6.15. The molecule has 1 rings (SSSR count). The topological polar surface area (TPSA) is 68.5 Å². The van der Waals surface area contributed by atoms with Gasteiger partial charge in [-0.2, -0.15) is 0 Å². The van der Waals surface area contributed by atoms with Crippen molar-refractivity contribution in [3.8, 4) is 0 Å². The zero-order valence-corrected chi connectivity index (χ0v) is 7.30. The van der Waals surface area contributed by atoms with Gasteiger partial charge in [0.25, 0.3) is 0 Å². The molecule has 0 saturated heterocycles. The summed E-state index contributed by atoms with van der Waals surface area (Å²) < 4.78 is 0. The molecule has 0 atom stereocenters. The van der Waals surface area contributed by atoms with Crippen molar-refractivity contribution < 1.29 is 9.76 Å². The first kappa shape index (κ1) is 9.40. The van der Waals surface area contributed by atoms with E-state index in [1.54, 1.807) is 13.1 Å². The van der Waals surface area contributed by atoms with Gasteiger partial charge < -0.3 is 10.1 Å². The average Bonchev–Trinajstić information content (AvgIpc) is 2.17. The zero-order chi connectivity index (χ0) is 9.84. The fraction of sp³-hybridized carbons (Fsp3) is 0.286. The highest BCUT2D eigenvalue weighted by atomic mass is 16.7. The predicted molar refractivity (Wildman–Crippen MR) is 46.3 cm³/mol. The molecule has 1 heterocycles. The molecule has 0 aromatic carbocycles. The number of nitro groups is 1. The molecule has 0 amide bonds. The highest BCUT2D eigenvalue weighted by Crippen LogP contribution is 2.14. The summed E-state index contributed by atoms with van der Waals surface area (Å²) in [6, 6.07) is 2.89. The Bertz CT molecular complexity index is 298. The minimum atomic E-state index is -0.545. The lowest BCUT2D eigenvalue weighted by molar-refractivity contribution is -0.389. The zero-order valence-electron chi connectivity index (χ0n) is 7.30. The van der Waals surface area contributed by atoms with Crippen LogP contribution in [0.25, 0.3) is 0 Å². The monoisotopic (exact) mass is 183 g/mol. The fourth-order valence-corrected chi connectivity index (χ4v) is 0.778. The van der Waals surface area contributed by atoms with Crippen molar-refractivity contribution >= 4 is 11.5 Å². The first-order valence-corrected chi connectivity index (χ1v) is 3.53. The SMILES string of the molecule is CON(C)c1ccc([N+](=O)[O-])nc1. The van der Waals surface area contributed by atoms with Gasteiger partial charge >= 0.3 is 5.82 Å². The maximum atomic E-state index is 10.2. The van der Waals surface area contributed by atoms with Crippen LogP contribution in [0, 0.1) is 10.1 Å². The molecular formula is C7H9N3O3. The maximum Gasteiger partial charge on any atom is 0.363 e. The summed E-state index contributed by atoms with van der Waals surface area (Å²) in [5.41, 5.74) is 0.660. The number of aromatic nitrogens is 1. The summed E-state index contributed by atoms with van der Waals surface area (Å²) in [7, 11) is 3.18. The highest BCUT2D eigenvalue weighted by molar-refractivity contribution is 5.43. The second-order valence-corrected chi connectivity index (χ2v) is 2.31. The molecule has 0 unspecified atom stereocenters. The van der Waals surface area contributed by atoms with Gasteiger partial charge in [0.15, 0.2) is 6.20 Å². The van der Waals surface area contributed by atoms with E-state index in [0.29, 0.717) is 5.69 Å². The number of hydrogen-bond acceptors (Lipinski definition) is 5. The maximum absolute atomic E-state index is 10.2. The number of pyridine rings is 1. The van der Waals surface area contributed by atoms with E-state index in [1.807, 2.05) is 0 Å². The van der Waals surface area contributed by atoms with Gasteiger partial charge in [-0.25, -0.2) is 0 Å². The molecule has 13 heavy (non-hydrogen) atoms. The Hall–Kier alpha value is -1.69. The van der Waals surface area contributed by atoms with Crippen molar-refractivity contribution in [2.24, 2.45) is 0 Å². The van der Waals surface area contributed by atoms with Crippen LogP contribution in [0.2, 0.25) is 0 Å². The molecule has 70 valence electrons. The predicted octanol–water partition coefficient (Wildman–Crippen LogP) is 0.987. The van der Waals surface area contributed by atoms with Crippen molar-refractivity contribution in [1.29, 1.82) is 0 Å². The van der Waals surface area contributed by atoms with Crippen LogP contribution in [0.5, 0.6) is 0 Å². The van der Waals surface area contributed by atoms with Crippen molar-refractivity contribution in [3.63, 3.8) is 0 Å². The summed E-state index contributed by atoms with van der Waals surface area (Å²) in [5, 5.41) is 11.7. The van der Waals surface area contributed by atoms with Gasteiger partial charge in [0.05, 0.1) is 7.11 Å². The molecule has 6 heteroatoms. The van der Waals surface area contributed by atoms with E-state index in [1.165, 1.54) is 24.4 Å². The number of hydroxylamine groups is 1. The fourth-order valence-electron chi connectivity index (χ4n) is 0.778. The molecule has 1 aromatic rings.